The van der Waals surface area contributed by atoms with Crippen molar-refractivity contribution in [3.8, 4) is 11.8 Å². The minimum Gasteiger partial charge on any atom is -0.507 e. The maximum absolute atomic E-state index is 10.3. The Bertz CT molecular complexity index is 909. The van der Waals surface area contributed by atoms with E-state index in [2.05, 4.69) is 16.0 Å². The molecule has 1 aromatic heterocycles. The van der Waals surface area contributed by atoms with Crippen LogP contribution >= 0.6 is 0 Å². The molecule has 3 aromatic rings. The van der Waals surface area contributed by atoms with Gasteiger partial charge in [-0.1, -0.05) is 30.3 Å². The van der Waals surface area contributed by atoms with Gasteiger partial charge >= 0.3 is 0 Å². The molecule has 3 rings (SSSR count). The van der Waals surface area contributed by atoms with Gasteiger partial charge in [0.25, 0.3) is 0 Å². The minimum absolute atomic E-state index is 0.0270. The number of aromatic hydroxyl groups is 1. The molecule has 2 aromatic carbocycles. The molecule has 0 unspecified atom stereocenters. The fourth-order valence-corrected chi connectivity index (χ4v) is 2.67. The van der Waals surface area contributed by atoms with Crippen molar-refractivity contribution < 1.29 is 5.11 Å². The summed E-state index contributed by atoms with van der Waals surface area (Å²) in [5.74, 6) is 0.107. The smallest absolute Gasteiger partial charge is 0.125 e. The molecule has 0 bridgehead atoms. The van der Waals surface area contributed by atoms with Crippen molar-refractivity contribution in [2.24, 2.45) is 4.99 Å². The quantitative estimate of drug-likeness (QED) is 0.703. The van der Waals surface area contributed by atoms with Crippen LogP contribution in [-0.4, -0.2) is 26.8 Å². The zero-order chi connectivity index (χ0) is 17.6. The van der Waals surface area contributed by atoms with Gasteiger partial charge in [0.05, 0.1) is 29.7 Å². The lowest BCUT2D eigenvalue weighted by Crippen LogP contribution is -2.12. The summed E-state index contributed by atoms with van der Waals surface area (Å²) in [6.07, 6.45) is 4.13. The molecule has 0 aliphatic carbocycles. The number of nitrogens with zero attached hydrogens (tertiary/aromatic N) is 3. The Balaban J connectivity index is 2.04. The van der Waals surface area contributed by atoms with E-state index in [0.29, 0.717) is 23.3 Å². The van der Waals surface area contributed by atoms with Gasteiger partial charge < -0.3 is 10.1 Å². The van der Waals surface area contributed by atoms with Gasteiger partial charge in [-0.25, -0.2) is 4.98 Å². The molecule has 0 amide bonds. The predicted octanol–water partition coefficient (Wildman–Crippen LogP) is 3.46. The van der Waals surface area contributed by atoms with Crippen LogP contribution in [0.15, 0.2) is 66.0 Å². The lowest BCUT2D eigenvalue weighted by atomic mass is 9.99. The summed E-state index contributed by atoms with van der Waals surface area (Å²) in [4.78, 5) is 11.9. The molecule has 124 valence electrons. The molecule has 25 heavy (non-hydrogen) atoms. The number of H-pyrrole nitrogens is 1. The van der Waals surface area contributed by atoms with E-state index in [1.807, 2.05) is 37.3 Å². The van der Waals surface area contributed by atoms with E-state index < -0.39 is 0 Å². The van der Waals surface area contributed by atoms with Gasteiger partial charge in [0.2, 0.25) is 0 Å². The molecular formula is C20H18N4O. The Labute approximate surface area is 146 Å². The number of nitrogens with one attached hydrogen (secondary N) is 1. The molecule has 1 atom stereocenters. The highest BCUT2D eigenvalue weighted by molar-refractivity contribution is 6.14. The summed E-state index contributed by atoms with van der Waals surface area (Å²) in [6.45, 7) is 2.01. The van der Waals surface area contributed by atoms with Crippen LogP contribution in [0.2, 0.25) is 0 Å². The van der Waals surface area contributed by atoms with Crippen molar-refractivity contribution in [1.82, 2.24) is 9.97 Å². The molecule has 0 saturated heterocycles. The van der Waals surface area contributed by atoms with E-state index in [4.69, 9.17) is 4.99 Å². The van der Waals surface area contributed by atoms with Crippen LogP contribution in [-0.2, 0) is 6.42 Å². The van der Waals surface area contributed by atoms with Crippen LogP contribution in [0, 0.1) is 11.3 Å². The second-order valence-corrected chi connectivity index (χ2v) is 5.82. The molecule has 5 nitrogen and oxygen atoms in total. The Morgan fingerprint density at radius 2 is 2.08 bits per heavy atom. The van der Waals surface area contributed by atoms with E-state index in [9.17, 15) is 10.4 Å². The molecule has 2 N–H and O–H groups in total. The van der Waals surface area contributed by atoms with E-state index in [-0.39, 0.29) is 11.8 Å². The average molecular weight is 330 g/mol. The summed E-state index contributed by atoms with van der Waals surface area (Å²) < 4.78 is 0. The molecule has 0 fully saturated rings. The Hall–Kier alpha value is -3.39. The van der Waals surface area contributed by atoms with Crippen molar-refractivity contribution in [3.63, 3.8) is 0 Å². The van der Waals surface area contributed by atoms with Gasteiger partial charge in [-0.05, 0) is 25.1 Å². The highest BCUT2D eigenvalue weighted by atomic mass is 16.3. The van der Waals surface area contributed by atoms with Crippen molar-refractivity contribution in [2.75, 3.05) is 0 Å². The highest BCUT2D eigenvalue weighted by Gasteiger charge is 2.14. The fourth-order valence-electron chi connectivity index (χ4n) is 2.67. The van der Waals surface area contributed by atoms with Crippen LogP contribution in [0.25, 0.3) is 0 Å². The van der Waals surface area contributed by atoms with Crippen molar-refractivity contribution in [1.29, 1.82) is 5.26 Å². The number of benzene rings is 2. The predicted molar refractivity (Wildman–Crippen MR) is 96.7 cm³/mol. The van der Waals surface area contributed by atoms with Gasteiger partial charge in [-0.2, -0.15) is 5.26 Å². The molecule has 1 heterocycles. The zero-order valence-corrected chi connectivity index (χ0v) is 13.8. The third-order valence-corrected chi connectivity index (χ3v) is 3.85. The molecule has 0 aliphatic rings. The van der Waals surface area contributed by atoms with E-state index in [0.717, 1.165) is 11.3 Å². The number of aromatic amines is 1. The van der Waals surface area contributed by atoms with Crippen LogP contribution < -0.4 is 0 Å². The molecule has 0 aliphatic heterocycles. The number of phenols is 1. The van der Waals surface area contributed by atoms with Gasteiger partial charge in [0.15, 0.2) is 0 Å². The third kappa shape index (κ3) is 3.93. The summed E-state index contributed by atoms with van der Waals surface area (Å²) in [6, 6.07) is 16.6. The number of rotatable bonds is 5. The number of hydrogen-bond acceptors (Lipinski definition) is 4. The number of imidazole rings is 1. The Morgan fingerprint density at radius 3 is 2.76 bits per heavy atom. The van der Waals surface area contributed by atoms with Crippen molar-refractivity contribution in [2.45, 2.75) is 19.4 Å². The normalized spacial score (nSPS) is 12.6. The topological polar surface area (TPSA) is 85.1 Å². The molecule has 0 saturated carbocycles. The van der Waals surface area contributed by atoms with Crippen LogP contribution in [0.1, 0.15) is 29.3 Å². The van der Waals surface area contributed by atoms with E-state index >= 15 is 0 Å². The van der Waals surface area contributed by atoms with Crippen LogP contribution in [0.3, 0.4) is 0 Å². The summed E-state index contributed by atoms with van der Waals surface area (Å²) in [5, 5.41) is 19.5. The van der Waals surface area contributed by atoms with Crippen molar-refractivity contribution >= 4 is 5.71 Å². The average Bonchev–Trinajstić information content (AvgIpc) is 3.14. The first-order valence-electron chi connectivity index (χ1n) is 8.01. The molecule has 0 radical (unpaired) electrons. The minimum atomic E-state index is -0.0270. The molecular weight excluding hydrogens is 312 g/mol. The van der Waals surface area contributed by atoms with Gasteiger partial charge in [0, 0.05) is 29.4 Å². The zero-order valence-electron chi connectivity index (χ0n) is 13.8. The summed E-state index contributed by atoms with van der Waals surface area (Å²) in [7, 11) is 0. The lowest BCUT2D eigenvalue weighted by Gasteiger charge is -2.13. The largest absolute Gasteiger partial charge is 0.507 e. The number of nitriles is 1. The summed E-state index contributed by atoms with van der Waals surface area (Å²) >= 11 is 0. The maximum Gasteiger partial charge on any atom is 0.125 e. The number of aromatic nitrogens is 2. The van der Waals surface area contributed by atoms with Gasteiger partial charge in [-0.15, -0.1) is 0 Å². The molecule has 0 spiro atoms. The first-order valence-corrected chi connectivity index (χ1v) is 8.01. The monoisotopic (exact) mass is 330 g/mol. The second kappa shape index (κ2) is 7.45. The van der Waals surface area contributed by atoms with Crippen LogP contribution in [0.5, 0.6) is 5.75 Å². The van der Waals surface area contributed by atoms with E-state index in [1.165, 1.54) is 6.07 Å². The Morgan fingerprint density at radius 1 is 1.28 bits per heavy atom. The first-order chi connectivity index (χ1) is 12.2. The maximum atomic E-state index is 10.3. The second-order valence-electron chi connectivity index (χ2n) is 5.82. The Kier molecular flexibility index (Phi) is 4.91. The molecule has 5 heteroatoms. The summed E-state index contributed by atoms with van der Waals surface area (Å²) in [5.41, 5.74) is 3.60. The first kappa shape index (κ1) is 16.5. The third-order valence-electron chi connectivity index (χ3n) is 3.85. The fraction of sp³-hybridized carbons (Fsp3) is 0.150. The number of aliphatic imine (C=N–C) groups is 1. The van der Waals surface area contributed by atoms with Gasteiger partial charge in [0.1, 0.15) is 5.75 Å². The number of hydrogen-bond donors (Lipinski definition) is 2. The standard InChI is InChI=1S/C20H18N4O/c1-14(9-17-12-22-13-23-17)24-20(16-5-3-2-4-6-16)18-10-15(11-21)7-8-19(18)25/h2-8,10,12-14,25H,9H2,1H3,(H,22,23)/t14-/m1/s1. The number of phenolic OH excluding ortho intramolecular Hbond substituents is 1. The van der Waals surface area contributed by atoms with Crippen LogP contribution in [0.4, 0.5) is 0 Å². The lowest BCUT2D eigenvalue weighted by molar-refractivity contribution is 0.474. The highest BCUT2D eigenvalue weighted by Crippen LogP contribution is 2.23. The van der Waals surface area contributed by atoms with Gasteiger partial charge in [-0.3, -0.25) is 4.99 Å². The SMILES string of the molecule is C[C@H](Cc1cnc[nH]1)N=C(c1ccccc1)c1cc(C#N)ccc1O. The van der Waals surface area contributed by atoms with E-state index in [1.54, 1.807) is 24.7 Å². The van der Waals surface area contributed by atoms with Crippen molar-refractivity contribution in [3.05, 3.63) is 83.4 Å².